The van der Waals surface area contributed by atoms with Gasteiger partial charge in [-0.05, 0) is 61.0 Å². The van der Waals surface area contributed by atoms with Crippen molar-refractivity contribution < 1.29 is 4.74 Å². The number of ether oxygens (including phenoxy) is 1. The maximum Gasteiger partial charge on any atom is 0.123 e. The molecular weight excluding hydrogens is 298 g/mol. The van der Waals surface area contributed by atoms with E-state index in [-0.39, 0.29) is 0 Å². The van der Waals surface area contributed by atoms with Gasteiger partial charge in [0.05, 0.1) is 19.3 Å². The van der Waals surface area contributed by atoms with Crippen LogP contribution in [0.5, 0.6) is 0 Å². The molecule has 1 aromatic heterocycles. The number of likely N-dealkylation sites (tertiary alicyclic amines) is 1. The van der Waals surface area contributed by atoms with Gasteiger partial charge in [0.1, 0.15) is 5.82 Å². The van der Waals surface area contributed by atoms with Crippen LogP contribution in [0.25, 0.3) is 10.8 Å². The lowest BCUT2D eigenvalue weighted by molar-refractivity contribution is -0.0712. The average Bonchev–Trinajstić information content (AvgIpc) is 2.46. The van der Waals surface area contributed by atoms with Gasteiger partial charge in [-0.15, -0.1) is 0 Å². The van der Waals surface area contributed by atoms with E-state index in [1.807, 2.05) is 12.1 Å². The minimum absolute atomic E-state index is 0.531. The van der Waals surface area contributed by atoms with Crippen LogP contribution in [-0.4, -0.2) is 42.2 Å². The van der Waals surface area contributed by atoms with Crippen molar-refractivity contribution in [1.82, 2.24) is 9.88 Å². The summed E-state index contributed by atoms with van der Waals surface area (Å²) in [5, 5.41) is 3.03. The summed E-state index contributed by atoms with van der Waals surface area (Å²) >= 11 is 6.52. The first-order valence-electron chi connectivity index (χ1n) is 7.87. The molecule has 5 heteroatoms. The molecule has 3 heterocycles. The summed E-state index contributed by atoms with van der Waals surface area (Å²) in [5.74, 6) is 1.09. The summed E-state index contributed by atoms with van der Waals surface area (Å²) in [4.78, 5) is 6.69. The second-order valence-electron chi connectivity index (χ2n) is 6.33. The maximum absolute atomic E-state index is 6.52. The van der Waals surface area contributed by atoms with Crippen molar-refractivity contribution in [2.24, 2.45) is 0 Å². The summed E-state index contributed by atoms with van der Waals surface area (Å²) in [6, 6.07) is 6.78. The van der Waals surface area contributed by atoms with E-state index >= 15 is 0 Å². The highest BCUT2D eigenvalue weighted by Gasteiger charge is 2.30. The number of anilines is 1. The molecule has 2 aliphatic rings. The molecule has 22 heavy (non-hydrogen) atoms. The highest BCUT2D eigenvalue weighted by atomic mass is 35.5. The quantitative estimate of drug-likeness (QED) is 0.925. The number of pyridine rings is 1. The van der Waals surface area contributed by atoms with Gasteiger partial charge in [0, 0.05) is 16.6 Å². The molecule has 0 amide bonds. The van der Waals surface area contributed by atoms with Crippen molar-refractivity contribution in [1.29, 1.82) is 0 Å². The number of hydrogen-bond donors (Lipinski definition) is 1. The van der Waals surface area contributed by atoms with Crippen LogP contribution < -0.4 is 5.73 Å². The van der Waals surface area contributed by atoms with Gasteiger partial charge in [-0.25, -0.2) is 4.98 Å². The Labute approximate surface area is 135 Å². The number of fused-ring (bicyclic) bond motifs is 1. The van der Waals surface area contributed by atoms with Crippen molar-refractivity contribution in [3.05, 3.63) is 35.0 Å². The van der Waals surface area contributed by atoms with Gasteiger partial charge in [0.25, 0.3) is 0 Å². The molecule has 0 saturated carbocycles. The Morgan fingerprint density at radius 3 is 2.59 bits per heavy atom. The Hall–Kier alpha value is -1.36. The molecule has 4 nitrogen and oxygen atoms in total. The van der Waals surface area contributed by atoms with Crippen LogP contribution >= 0.6 is 11.6 Å². The van der Waals surface area contributed by atoms with Crippen LogP contribution in [0.1, 0.15) is 24.3 Å². The largest absolute Gasteiger partial charge is 0.384 e. The first-order valence-corrected chi connectivity index (χ1v) is 8.25. The van der Waals surface area contributed by atoms with E-state index < -0.39 is 0 Å². The lowest BCUT2D eigenvalue weighted by atomic mass is 9.87. The molecule has 0 aliphatic carbocycles. The minimum Gasteiger partial charge on any atom is -0.384 e. The highest BCUT2D eigenvalue weighted by Crippen LogP contribution is 2.36. The molecule has 1 aromatic carbocycles. The van der Waals surface area contributed by atoms with E-state index in [2.05, 4.69) is 16.0 Å². The van der Waals surface area contributed by atoms with Gasteiger partial charge in [0.2, 0.25) is 0 Å². The van der Waals surface area contributed by atoms with E-state index in [1.54, 1.807) is 6.20 Å². The number of aromatic nitrogens is 1. The molecule has 2 saturated heterocycles. The van der Waals surface area contributed by atoms with E-state index in [0.717, 1.165) is 54.9 Å². The Balaban J connectivity index is 1.57. The van der Waals surface area contributed by atoms with Gasteiger partial charge in [0.15, 0.2) is 0 Å². The molecule has 4 rings (SSSR count). The Kier molecular flexibility index (Phi) is 3.68. The van der Waals surface area contributed by atoms with Crippen molar-refractivity contribution >= 4 is 28.2 Å². The van der Waals surface area contributed by atoms with Crippen LogP contribution in [0.4, 0.5) is 5.82 Å². The zero-order valence-corrected chi connectivity index (χ0v) is 13.2. The van der Waals surface area contributed by atoms with Gasteiger partial charge in [-0.2, -0.15) is 0 Å². The standard InChI is InChI=1S/C17H20ClN3O/c18-16-6-13-8-20-17(19)7-12(13)5-15(16)11-1-3-21(4-2-11)14-9-22-10-14/h5-8,11,14H,1-4,9-10H2,(H2,19,20). The zero-order chi connectivity index (χ0) is 15.1. The first kappa shape index (κ1) is 14.2. The third-order valence-corrected chi connectivity index (χ3v) is 5.29. The molecule has 2 N–H and O–H groups in total. The topological polar surface area (TPSA) is 51.4 Å². The van der Waals surface area contributed by atoms with Gasteiger partial charge < -0.3 is 10.5 Å². The van der Waals surface area contributed by atoms with Gasteiger partial charge in [-0.3, -0.25) is 4.90 Å². The number of halogens is 1. The monoisotopic (exact) mass is 317 g/mol. The number of nitrogens with zero attached hydrogens (tertiary/aromatic N) is 2. The summed E-state index contributed by atoms with van der Waals surface area (Å²) in [6.45, 7) is 4.05. The van der Waals surface area contributed by atoms with Crippen LogP contribution in [0, 0.1) is 0 Å². The fraction of sp³-hybridized carbons (Fsp3) is 0.471. The fourth-order valence-electron chi connectivity index (χ4n) is 3.52. The Morgan fingerprint density at radius 1 is 1.14 bits per heavy atom. The third-order valence-electron chi connectivity index (χ3n) is 4.96. The SMILES string of the molecule is Nc1cc2cc(C3CCN(C4COC4)CC3)c(Cl)cc2cn1. The van der Waals surface area contributed by atoms with Crippen LogP contribution in [0.2, 0.25) is 5.02 Å². The van der Waals surface area contributed by atoms with Crippen LogP contribution in [0.3, 0.4) is 0 Å². The molecule has 0 atom stereocenters. The second-order valence-corrected chi connectivity index (χ2v) is 6.74. The summed E-state index contributed by atoms with van der Waals surface area (Å²) < 4.78 is 5.30. The number of nitrogens with two attached hydrogens (primary N) is 1. The molecular formula is C17H20ClN3O. The zero-order valence-electron chi connectivity index (χ0n) is 12.5. The van der Waals surface area contributed by atoms with E-state index in [9.17, 15) is 0 Å². The molecule has 2 fully saturated rings. The third kappa shape index (κ3) is 2.56. The average molecular weight is 318 g/mol. The molecule has 0 spiro atoms. The lowest BCUT2D eigenvalue weighted by Gasteiger charge is -2.41. The number of nitrogen functional groups attached to an aromatic ring is 1. The Morgan fingerprint density at radius 2 is 1.91 bits per heavy atom. The van der Waals surface area contributed by atoms with Gasteiger partial charge in [-0.1, -0.05) is 11.6 Å². The number of benzene rings is 1. The molecule has 0 unspecified atom stereocenters. The number of hydrogen-bond acceptors (Lipinski definition) is 4. The first-order chi connectivity index (χ1) is 10.7. The predicted octanol–water partition coefficient (Wildman–Crippen LogP) is 3.05. The Bertz CT molecular complexity index is 694. The van der Waals surface area contributed by atoms with Crippen molar-refractivity contribution in [3.63, 3.8) is 0 Å². The second kappa shape index (κ2) is 5.69. The van der Waals surface area contributed by atoms with Crippen LogP contribution in [0.15, 0.2) is 24.4 Å². The normalized spacial score (nSPS) is 21.1. The maximum atomic E-state index is 6.52. The molecule has 0 radical (unpaired) electrons. The van der Waals surface area contributed by atoms with E-state index in [1.165, 1.54) is 5.56 Å². The number of piperidine rings is 1. The van der Waals surface area contributed by atoms with Gasteiger partial charge >= 0.3 is 0 Å². The molecule has 116 valence electrons. The fourth-order valence-corrected chi connectivity index (χ4v) is 3.85. The smallest absolute Gasteiger partial charge is 0.123 e. The predicted molar refractivity (Wildman–Crippen MR) is 89.3 cm³/mol. The van der Waals surface area contributed by atoms with Crippen molar-refractivity contribution in [2.45, 2.75) is 24.8 Å². The number of rotatable bonds is 2. The lowest BCUT2D eigenvalue weighted by Crippen LogP contribution is -2.51. The summed E-state index contributed by atoms with van der Waals surface area (Å²) in [7, 11) is 0. The molecule has 0 bridgehead atoms. The highest BCUT2D eigenvalue weighted by molar-refractivity contribution is 6.32. The van der Waals surface area contributed by atoms with Crippen molar-refractivity contribution in [2.75, 3.05) is 32.0 Å². The minimum atomic E-state index is 0.531. The molecule has 2 aromatic rings. The van der Waals surface area contributed by atoms with E-state index in [0.29, 0.717) is 17.8 Å². The summed E-state index contributed by atoms with van der Waals surface area (Å²) in [5.41, 5.74) is 7.06. The molecule has 2 aliphatic heterocycles. The van der Waals surface area contributed by atoms with Crippen molar-refractivity contribution in [3.8, 4) is 0 Å². The van der Waals surface area contributed by atoms with E-state index in [4.69, 9.17) is 22.1 Å². The van der Waals surface area contributed by atoms with Crippen LogP contribution in [-0.2, 0) is 4.74 Å². The summed E-state index contributed by atoms with van der Waals surface area (Å²) in [6.07, 6.45) is 4.10.